The highest BCUT2D eigenvalue weighted by Gasteiger charge is 2.29. The van der Waals surface area contributed by atoms with E-state index < -0.39 is 5.97 Å². The molecule has 2 aliphatic heterocycles. The van der Waals surface area contributed by atoms with Crippen LogP contribution in [0.4, 0.5) is 0 Å². The van der Waals surface area contributed by atoms with Crippen LogP contribution in [0, 0.1) is 5.92 Å². The third kappa shape index (κ3) is 8.10. The molecule has 1 amide bonds. The van der Waals surface area contributed by atoms with E-state index in [0.29, 0.717) is 24.7 Å². The van der Waals surface area contributed by atoms with Crippen LogP contribution in [0.25, 0.3) is 0 Å². The van der Waals surface area contributed by atoms with Crippen LogP contribution in [0.3, 0.4) is 0 Å². The highest BCUT2D eigenvalue weighted by atomic mass is 16.5. The fourth-order valence-electron chi connectivity index (χ4n) is 5.22. The summed E-state index contributed by atoms with van der Waals surface area (Å²) in [5.41, 5.74) is 3.62. The number of nitrogens with one attached hydrogen (secondary N) is 1. The summed E-state index contributed by atoms with van der Waals surface area (Å²) in [6, 6.07) is 14.4. The maximum atomic E-state index is 11.5. The van der Waals surface area contributed by atoms with Gasteiger partial charge in [0.2, 0.25) is 5.91 Å². The number of nitrogens with zero attached hydrogens (tertiary/aromatic N) is 1. The molecule has 0 spiro atoms. The van der Waals surface area contributed by atoms with Crippen LogP contribution < -0.4 is 10.1 Å². The number of ether oxygens (including phenoxy) is 2. The van der Waals surface area contributed by atoms with Crippen LogP contribution in [-0.2, 0) is 14.3 Å². The molecule has 0 bridgehead atoms. The summed E-state index contributed by atoms with van der Waals surface area (Å²) in [5.74, 6) is 0.300. The second-order valence-electron chi connectivity index (χ2n) is 10.9. The summed E-state index contributed by atoms with van der Waals surface area (Å²) in [5, 5.41) is 11.9. The van der Waals surface area contributed by atoms with Gasteiger partial charge in [0.1, 0.15) is 18.5 Å². The zero-order valence-electron chi connectivity index (χ0n) is 23.4. The minimum absolute atomic E-state index is 0. The predicted octanol–water partition coefficient (Wildman–Crippen LogP) is 5.70. The van der Waals surface area contributed by atoms with Crippen molar-refractivity contribution in [1.82, 2.24) is 10.2 Å². The van der Waals surface area contributed by atoms with Gasteiger partial charge in [-0.2, -0.15) is 0 Å². The highest BCUT2D eigenvalue weighted by Crippen LogP contribution is 2.40. The number of carbonyl (C=O) groups is 3. The zero-order chi connectivity index (χ0) is 28.6. The van der Waals surface area contributed by atoms with Gasteiger partial charge in [0.05, 0.1) is 18.0 Å². The number of rotatable bonds is 9. The summed E-state index contributed by atoms with van der Waals surface area (Å²) in [4.78, 5) is 35.7. The number of benzene rings is 2. The number of esters is 1. The number of carbonyl (C=O) groups excluding carboxylic acids is 2. The van der Waals surface area contributed by atoms with Crippen molar-refractivity contribution in [1.29, 1.82) is 0 Å². The Bertz CT molecular complexity index is 1190. The van der Waals surface area contributed by atoms with Gasteiger partial charge in [0.15, 0.2) is 0 Å². The Hall–Kier alpha value is -3.81. The third-order valence-corrected chi connectivity index (χ3v) is 7.66. The quantitative estimate of drug-likeness (QED) is 0.386. The molecule has 5 rings (SSSR count). The van der Waals surface area contributed by atoms with Gasteiger partial charge in [-0.25, -0.2) is 4.79 Å². The molecule has 2 heterocycles. The van der Waals surface area contributed by atoms with E-state index in [4.69, 9.17) is 14.6 Å². The smallest absolute Gasteiger partial charge is 0.335 e. The molecule has 0 radical (unpaired) electrons. The van der Waals surface area contributed by atoms with E-state index in [0.717, 1.165) is 24.4 Å². The molecular weight excluding hydrogens is 508 g/mol. The summed E-state index contributed by atoms with van der Waals surface area (Å²) in [7, 11) is 0. The van der Waals surface area contributed by atoms with E-state index in [2.05, 4.69) is 28.9 Å². The van der Waals surface area contributed by atoms with Crippen molar-refractivity contribution in [3.63, 3.8) is 0 Å². The summed E-state index contributed by atoms with van der Waals surface area (Å²) < 4.78 is 11.1. The molecule has 40 heavy (non-hydrogen) atoms. The molecule has 3 fully saturated rings. The lowest BCUT2D eigenvalue weighted by molar-refractivity contribution is -0.138. The van der Waals surface area contributed by atoms with Crippen molar-refractivity contribution in [2.24, 2.45) is 5.92 Å². The van der Waals surface area contributed by atoms with Crippen molar-refractivity contribution in [2.45, 2.75) is 70.4 Å². The molecule has 2 aromatic carbocycles. The normalized spacial score (nSPS) is 19.9. The number of hydrogen-bond acceptors (Lipinski definition) is 6. The maximum absolute atomic E-state index is 11.5. The molecule has 2 N–H and O–H groups in total. The molecule has 1 saturated carbocycles. The van der Waals surface area contributed by atoms with Crippen LogP contribution in [0.5, 0.6) is 5.75 Å². The first kappa shape index (κ1) is 29.2. The molecular formula is C32H42N2O6. The molecule has 2 saturated heterocycles. The van der Waals surface area contributed by atoms with Crippen molar-refractivity contribution in [2.75, 3.05) is 19.7 Å². The monoisotopic (exact) mass is 550 g/mol. The Balaban J connectivity index is 0.000000260. The van der Waals surface area contributed by atoms with E-state index in [9.17, 15) is 14.4 Å². The Kier molecular flexibility index (Phi) is 9.85. The lowest BCUT2D eigenvalue weighted by atomic mass is 10.00. The second-order valence-corrected chi connectivity index (χ2v) is 10.9. The summed E-state index contributed by atoms with van der Waals surface area (Å²) >= 11 is 0. The Morgan fingerprint density at radius 1 is 1.07 bits per heavy atom. The number of aromatic carboxylic acids is 1. The van der Waals surface area contributed by atoms with Crippen molar-refractivity contribution < 1.29 is 30.4 Å². The lowest BCUT2D eigenvalue weighted by Crippen LogP contribution is -2.37. The number of likely N-dealkylation sites (tertiary alicyclic amines) is 1. The first-order valence-corrected chi connectivity index (χ1v) is 14.2. The molecule has 216 valence electrons. The van der Waals surface area contributed by atoms with E-state index in [-0.39, 0.29) is 36.9 Å². The fourth-order valence-corrected chi connectivity index (χ4v) is 5.22. The van der Waals surface area contributed by atoms with Crippen molar-refractivity contribution >= 4 is 17.8 Å². The summed E-state index contributed by atoms with van der Waals surface area (Å²) in [6.45, 7) is 10.2. The van der Waals surface area contributed by atoms with Crippen LogP contribution in [-0.4, -0.2) is 53.6 Å². The van der Waals surface area contributed by atoms with Gasteiger partial charge >= 0.3 is 11.9 Å². The molecule has 8 nitrogen and oxygen atoms in total. The number of cyclic esters (lactones) is 1. The van der Waals surface area contributed by atoms with Gasteiger partial charge in [-0.3, -0.25) is 9.59 Å². The topological polar surface area (TPSA) is 105 Å². The van der Waals surface area contributed by atoms with Crippen LogP contribution >= 0.6 is 0 Å². The standard InChI is InChI=1S/C21H23NO4.C11H17NO2.H2/c1-13(22-14(2)23)20(17-7-5-16(6-8-17)15-3-4-15)26-19-11-9-18(10-12-19)21(24)25;1-9(10-7-11(13)14-8-10)12-5-3-2-4-6-12;/h5-13,15,20H,3-4H2,1-2H3,(H,22,23)(H,24,25);10H,1-8H2;1H/t13?,20-;;/m0../s1. The van der Waals surface area contributed by atoms with Gasteiger partial charge in [-0.05, 0) is 80.3 Å². The number of carboxylic acid groups (broad SMARTS) is 1. The molecule has 2 unspecified atom stereocenters. The average Bonchev–Trinajstić information content (AvgIpc) is 3.72. The number of carboxylic acids is 1. The van der Waals surface area contributed by atoms with Gasteiger partial charge < -0.3 is 24.8 Å². The van der Waals surface area contributed by atoms with Gasteiger partial charge in [0, 0.05) is 33.1 Å². The van der Waals surface area contributed by atoms with Crippen LogP contribution in [0.1, 0.15) is 87.3 Å². The van der Waals surface area contributed by atoms with Crippen LogP contribution in [0.15, 0.2) is 60.8 Å². The number of hydrogen-bond donors (Lipinski definition) is 2. The van der Waals surface area contributed by atoms with Crippen molar-refractivity contribution in [3.05, 3.63) is 77.5 Å². The maximum Gasteiger partial charge on any atom is 0.335 e. The Morgan fingerprint density at radius 2 is 1.73 bits per heavy atom. The van der Waals surface area contributed by atoms with E-state index in [1.165, 1.54) is 56.7 Å². The fraction of sp³-hybridized carbons (Fsp3) is 0.469. The lowest BCUT2D eigenvalue weighted by Gasteiger charge is -2.32. The highest BCUT2D eigenvalue weighted by molar-refractivity contribution is 5.87. The minimum atomic E-state index is -0.977. The predicted molar refractivity (Wildman–Crippen MR) is 154 cm³/mol. The zero-order valence-corrected chi connectivity index (χ0v) is 23.4. The number of amides is 1. The molecule has 2 aromatic rings. The van der Waals surface area contributed by atoms with Gasteiger partial charge in [-0.15, -0.1) is 0 Å². The van der Waals surface area contributed by atoms with Crippen molar-refractivity contribution in [3.8, 4) is 5.75 Å². The first-order valence-electron chi connectivity index (χ1n) is 14.2. The molecule has 8 heteroatoms. The Morgan fingerprint density at radius 3 is 2.25 bits per heavy atom. The molecule has 3 aliphatic rings. The minimum Gasteiger partial charge on any atom is -0.484 e. The molecule has 1 aliphatic carbocycles. The molecule has 3 atom stereocenters. The van der Waals surface area contributed by atoms with Gasteiger partial charge in [-0.1, -0.05) is 30.8 Å². The van der Waals surface area contributed by atoms with Crippen LogP contribution in [0.2, 0.25) is 0 Å². The summed E-state index contributed by atoms with van der Waals surface area (Å²) in [6.07, 6.45) is 6.47. The van der Waals surface area contributed by atoms with E-state index in [1.54, 1.807) is 12.1 Å². The largest absolute Gasteiger partial charge is 0.484 e. The first-order chi connectivity index (χ1) is 19.2. The van der Waals surface area contributed by atoms with E-state index in [1.807, 2.05) is 19.1 Å². The second kappa shape index (κ2) is 13.5. The third-order valence-electron chi connectivity index (χ3n) is 7.66. The molecule has 0 aromatic heterocycles. The van der Waals surface area contributed by atoms with E-state index >= 15 is 0 Å². The average molecular weight is 551 g/mol. The van der Waals surface area contributed by atoms with Gasteiger partial charge in [0.25, 0.3) is 0 Å². The Labute approximate surface area is 237 Å². The number of piperidine rings is 1. The SMILES string of the molecule is C=C(C1COC(=O)C1)N1CCCCC1.CC(=O)NC(C)[C@H](Oc1ccc(C(=O)O)cc1)c1ccc(C2CC2)cc1.[HH].